The molecule has 1 aromatic heterocycles. The van der Waals surface area contributed by atoms with E-state index in [9.17, 15) is 4.79 Å². The zero-order valence-electron chi connectivity index (χ0n) is 15.0. The van der Waals surface area contributed by atoms with Crippen LogP contribution in [0.3, 0.4) is 0 Å². The van der Waals surface area contributed by atoms with Crippen molar-refractivity contribution in [2.75, 3.05) is 18.2 Å². The number of hydrogen-bond donors (Lipinski definition) is 1. The molecule has 0 saturated carbocycles. The molecule has 0 aliphatic heterocycles. The smallest absolute Gasteiger partial charge is 0.234 e. The third kappa shape index (κ3) is 5.24. The summed E-state index contributed by atoms with van der Waals surface area (Å²) in [6.07, 6.45) is 0.652. The van der Waals surface area contributed by atoms with Gasteiger partial charge in [0.2, 0.25) is 5.91 Å². The van der Waals surface area contributed by atoms with Gasteiger partial charge in [-0.3, -0.25) is 4.79 Å². The number of halogens is 1. The van der Waals surface area contributed by atoms with Crippen LogP contribution in [0.1, 0.15) is 11.4 Å². The van der Waals surface area contributed by atoms with Gasteiger partial charge in [0.15, 0.2) is 5.16 Å². The summed E-state index contributed by atoms with van der Waals surface area (Å²) < 4.78 is 7.00. The molecule has 27 heavy (non-hydrogen) atoms. The van der Waals surface area contributed by atoms with Crippen molar-refractivity contribution in [1.82, 2.24) is 14.8 Å². The molecule has 140 valence electrons. The van der Waals surface area contributed by atoms with Gasteiger partial charge in [-0.1, -0.05) is 35.5 Å². The second-order valence-electron chi connectivity index (χ2n) is 5.83. The van der Waals surface area contributed by atoms with Gasteiger partial charge in [-0.2, -0.15) is 0 Å². The maximum atomic E-state index is 12.1. The monoisotopic (exact) mass is 402 g/mol. The van der Waals surface area contributed by atoms with Gasteiger partial charge in [-0.25, -0.2) is 0 Å². The van der Waals surface area contributed by atoms with E-state index < -0.39 is 0 Å². The lowest BCUT2D eigenvalue weighted by Gasteiger charge is -2.06. The predicted octanol–water partition coefficient (Wildman–Crippen LogP) is 3.80. The Morgan fingerprint density at radius 1 is 1.15 bits per heavy atom. The molecule has 6 nitrogen and oxygen atoms in total. The Labute approximate surface area is 166 Å². The van der Waals surface area contributed by atoms with Crippen LogP contribution in [0.4, 0.5) is 5.69 Å². The second-order valence-corrected chi connectivity index (χ2v) is 7.21. The largest absolute Gasteiger partial charge is 0.497 e. The van der Waals surface area contributed by atoms with Gasteiger partial charge in [0.1, 0.15) is 11.6 Å². The molecule has 0 radical (unpaired) electrons. The lowest BCUT2D eigenvalue weighted by atomic mass is 10.1. The van der Waals surface area contributed by atoms with Crippen molar-refractivity contribution < 1.29 is 9.53 Å². The summed E-state index contributed by atoms with van der Waals surface area (Å²) in [4.78, 5) is 12.1. The molecule has 0 aliphatic rings. The van der Waals surface area contributed by atoms with E-state index in [1.807, 2.05) is 35.9 Å². The number of rotatable bonds is 7. The SMILES string of the molecule is COc1ccc(NC(=O)CSc2nnc(Cc3ccc(Cl)cc3)n2C)cc1. The van der Waals surface area contributed by atoms with E-state index in [4.69, 9.17) is 16.3 Å². The Balaban J connectivity index is 1.55. The van der Waals surface area contributed by atoms with Crippen LogP contribution in [0.2, 0.25) is 5.02 Å². The van der Waals surface area contributed by atoms with Crippen molar-refractivity contribution in [3.05, 3.63) is 64.9 Å². The Bertz CT molecular complexity index is 910. The van der Waals surface area contributed by atoms with E-state index in [-0.39, 0.29) is 11.7 Å². The highest BCUT2D eigenvalue weighted by molar-refractivity contribution is 7.99. The second kappa shape index (κ2) is 8.92. The minimum absolute atomic E-state index is 0.104. The maximum absolute atomic E-state index is 12.1. The van der Waals surface area contributed by atoms with Crippen molar-refractivity contribution in [1.29, 1.82) is 0 Å². The van der Waals surface area contributed by atoms with Gasteiger partial charge >= 0.3 is 0 Å². The first-order valence-electron chi connectivity index (χ1n) is 8.24. The van der Waals surface area contributed by atoms with Crippen LogP contribution in [-0.4, -0.2) is 33.5 Å². The van der Waals surface area contributed by atoms with Gasteiger partial charge in [-0.15, -0.1) is 10.2 Å². The summed E-state index contributed by atoms with van der Waals surface area (Å²) in [5, 5.41) is 12.7. The topological polar surface area (TPSA) is 69.0 Å². The number of amides is 1. The highest BCUT2D eigenvalue weighted by atomic mass is 35.5. The molecule has 1 heterocycles. The molecule has 0 fully saturated rings. The van der Waals surface area contributed by atoms with Gasteiger partial charge in [0.05, 0.1) is 12.9 Å². The third-order valence-electron chi connectivity index (χ3n) is 3.91. The number of anilines is 1. The van der Waals surface area contributed by atoms with Crippen LogP contribution in [-0.2, 0) is 18.3 Å². The number of methoxy groups -OCH3 is 1. The molecule has 3 aromatic rings. The molecule has 2 aromatic carbocycles. The van der Waals surface area contributed by atoms with Crippen molar-refractivity contribution in [2.24, 2.45) is 7.05 Å². The average Bonchev–Trinajstić information content (AvgIpc) is 3.02. The van der Waals surface area contributed by atoms with Crippen LogP contribution < -0.4 is 10.1 Å². The first kappa shape index (κ1) is 19.3. The molecular formula is C19H19ClN4O2S. The standard InChI is InChI=1S/C19H19ClN4O2S/c1-24-17(11-13-3-5-14(20)6-4-13)22-23-19(24)27-12-18(25)21-15-7-9-16(26-2)10-8-15/h3-10H,11-12H2,1-2H3,(H,21,25). The lowest BCUT2D eigenvalue weighted by Crippen LogP contribution is -2.14. The number of hydrogen-bond acceptors (Lipinski definition) is 5. The number of ether oxygens (including phenoxy) is 1. The molecule has 8 heteroatoms. The summed E-state index contributed by atoms with van der Waals surface area (Å²) in [5.74, 6) is 1.72. The van der Waals surface area contributed by atoms with E-state index in [0.717, 1.165) is 22.8 Å². The number of nitrogens with one attached hydrogen (secondary N) is 1. The van der Waals surface area contributed by atoms with Crippen LogP contribution in [0, 0.1) is 0 Å². The van der Waals surface area contributed by atoms with Crippen LogP contribution in [0.15, 0.2) is 53.7 Å². The summed E-state index contributed by atoms with van der Waals surface area (Å²) in [6.45, 7) is 0. The van der Waals surface area contributed by atoms with Crippen molar-refractivity contribution in [2.45, 2.75) is 11.6 Å². The van der Waals surface area contributed by atoms with Gasteiger partial charge < -0.3 is 14.6 Å². The fourth-order valence-electron chi connectivity index (χ4n) is 2.41. The normalized spacial score (nSPS) is 10.6. The quantitative estimate of drug-likeness (QED) is 0.609. The van der Waals surface area contributed by atoms with E-state index in [1.54, 1.807) is 31.4 Å². The molecule has 0 saturated heterocycles. The van der Waals surface area contributed by atoms with Crippen molar-refractivity contribution in [3.8, 4) is 5.75 Å². The highest BCUT2D eigenvalue weighted by Crippen LogP contribution is 2.19. The lowest BCUT2D eigenvalue weighted by molar-refractivity contribution is -0.113. The number of carbonyl (C=O) groups is 1. The third-order valence-corrected chi connectivity index (χ3v) is 5.18. The van der Waals surface area contributed by atoms with E-state index in [0.29, 0.717) is 16.6 Å². The summed E-state index contributed by atoms with van der Waals surface area (Å²) >= 11 is 7.26. The summed E-state index contributed by atoms with van der Waals surface area (Å²) in [7, 11) is 3.50. The summed E-state index contributed by atoms with van der Waals surface area (Å²) in [5.41, 5.74) is 1.83. The Kier molecular flexibility index (Phi) is 6.36. The van der Waals surface area contributed by atoms with Crippen molar-refractivity contribution >= 4 is 35.0 Å². The summed E-state index contributed by atoms with van der Waals surface area (Å²) in [6, 6.07) is 14.8. The van der Waals surface area contributed by atoms with E-state index in [2.05, 4.69) is 15.5 Å². The molecule has 1 amide bonds. The highest BCUT2D eigenvalue weighted by Gasteiger charge is 2.12. The average molecular weight is 403 g/mol. The first-order chi connectivity index (χ1) is 13.0. The molecule has 3 rings (SSSR count). The zero-order chi connectivity index (χ0) is 19.2. The maximum Gasteiger partial charge on any atom is 0.234 e. The first-order valence-corrected chi connectivity index (χ1v) is 9.61. The molecule has 0 aliphatic carbocycles. The fourth-order valence-corrected chi connectivity index (χ4v) is 3.27. The van der Waals surface area contributed by atoms with Crippen LogP contribution in [0.25, 0.3) is 0 Å². The minimum Gasteiger partial charge on any atom is -0.497 e. The Morgan fingerprint density at radius 2 is 1.85 bits per heavy atom. The molecule has 0 unspecified atom stereocenters. The number of aromatic nitrogens is 3. The Morgan fingerprint density at radius 3 is 2.52 bits per heavy atom. The molecule has 0 bridgehead atoms. The predicted molar refractivity (Wildman–Crippen MR) is 108 cm³/mol. The van der Waals surface area contributed by atoms with Crippen LogP contribution in [0.5, 0.6) is 5.75 Å². The molecule has 0 atom stereocenters. The zero-order valence-corrected chi connectivity index (χ0v) is 16.5. The van der Waals surface area contributed by atoms with E-state index in [1.165, 1.54) is 11.8 Å². The number of carbonyl (C=O) groups excluding carboxylic acids is 1. The molecule has 0 spiro atoms. The van der Waals surface area contributed by atoms with Gasteiger partial charge in [0.25, 0.3) is 0 Å². The fraction of sp³-hybridized carbons (Fsp3) is 0.211. The van der Waals surface area contributed by atoms with Crippen molar-refractivity contribution in [3.63, 3.8) is 0 Å². The number of benzene rings is 2. The minimum atomic E-state index is -0.104. The van der Waals surface area contributed by atoms with Crippen LogP contribution >= 0.6 is 23.4 Å². The number of nitrogens with zero attached hydrogens (tertiary/aromatic N) is 3. The van der Waals surface area contributed by atoms with E-state index >= 15 is 0 Å². The van der Waals surface area contributed by atoms with Gasteiger partial charge in [0, 0.05) is 24.2 Å². The number of thioether (sulfide) groups is 1. The molecular weight excluding hydrogens is 384 g/mol. The Hall–Kier alpha value is -2.51. The molecule has 1 N–H and O–H groups in total. The van der Waals surface area contributed by atoms with Gasteiger partial charge in [-0.05, 0) is 42.0 Å².